The van der Waals surface area contributed by atoms with Gasteiger partial charge in [0.15, 0.2) is 11.6 Å². The number of anilines is 2. The Morgan fingerprint density at radius 3 is 2.07 bits per heavy atom. The van der Waals surface area contributed by atoms with Crippen LogP contribution < -0.4 is 9.80 Å². The van der Waals surface area contributed by atoms with Crippen molar-refractivity contribution in [1.29, 1.82) is 0 Å². The molecule has 0 saturated carbocycles. The molecule has 8 heteroatoms. The molecule has 0 spiro atoms. The van der Waals surface area contributed by atoms with Crippen LogP contribution in [0.1, 0.15) is 30.5 Å². The van der Waals surface area contributed by atoms with Crippen LogP contribution in [-0.4, -0.2) is 62.2 Å². The second-order valence-electron chi connectivity index (χ2n) is 7.52. The van der Waals surface area contributed by atoms with Gasteiger partial charge >= 0.3 is 0 Å². The van der Waals surface area contributed by atoms with E-state index in [-0.39, 0.29) is 0 Å². The van der Waals surface area contributed by atoms with E-state index in [1.807, 2.05) is 39.0 Å². The van der Waals surface area contributed by atoms with Crippen molar-refractivity contribution in [2.75, 3.05) is 49.1 Å². The molecule has 0 bridgehead atoms. The predicted molar refractivity (Wildman–Crippen MR) is 117 cm³/mol. The lowest BCUT2D eigenvalue weighted by atomic mass is 10.1. The summed E-state index contributed by atoms with van der Waals surface area (Å²) in [4.78, 5) is 4.66. The Balaban J connectivity index is 1.71. The van der Waals surface area contributed by atoms with Crippen LogP contribution in [0.15, 0.2) is 29.2 Å². The number of rotatable bonds is 6. The van der Waals surface area contributed by atoms with Gasteiger partial charge in [0.2, 0.25) is 10.0 Å². The molecule has 2 aromatic rings. The fourth-order valence-corrected chi connectivity index (χ4v) is 5.43. The van der Waals surface area contributed by atoms with Crippen molar-refractivity contribution in [3.05, 3.63) is 41.0 Å². The number of piperazine rings is 1. The van der Waals surface area contributed by atoms with Gasteiger partial charge in [-0.25, -0.2) is 8.42 Å². The molecular weight excluding hydrogens is 386 g/mol. The Kier molecular flexibility index (Phi) is 6.43. The Bertz CT molecular complexity index is 948. The molecule has 3 rings (SSSR count). The average molecular weight is 418 g/mol. The molecule has 0 aliphatic carbocycles. The van der Waals surface area contributed by atoms with Crippen LogP contribution in [0.3, 0.4) is 0 Å². The number of aryl methyl sites for hydroxylation is 3. The van der Waals surface area contributed by atoms with Crippen LogP contribution in [0.4, 0.5) is 11.6 Å². The van der Waals surface area contributed by atoms with Gasteiger partial charge in [-0.1, -0.05) is 6.07 Å². The van der Waals surface area contributed by atoms with Gasteiger partial charge < -0.3 is 9.80 Å². The molecular formula is C21H31N5O2S. The van der Waals surface area contributed by atoms with Gasteiger partial charge in [0, 0.05) is 39.3 Å². The van der Waals surface area contributed by atoms with Gasteiger partial charge in [-0.2, -0.15) is 4.31 Å². The predicted octanol–water partition coefficient (Wildman–Crippen LogP) is 2.76. The van der Waals surface area contributed by atoms with Gasteiger partial charge in [-0.15, -0.1) is 10.2 Å². The van der Waals surface area contributed by atoms with Crippen molar-refractivity contribution in [3.63, 3.8) is 0 Å². The largest absolute Gasteiger partial charge is 0.356 e. The summed E-state index contributed by atoms with van der Waals surface area (Å²) < 4.78 is 27.9. The molecule has 29 heavy (non-hydrogen) atoms. The van der Waals surface area contributed by atoms with Gasteiger partial charge in [0.1, 0.15) is 0 Å². The zero-order valence-electron chi connectivity index (χ0n) is 18.0. The minimum absolute atomic E-state index is 0.414. The maximum Gasteiger partial charge on any atom is 0.243 e. The molecule has 1 aliphatic rings. The van der Waals surface area contributed by atoms with Crippen molar-refractivity contribution >= 4 is 21.7 Å². The lowest BCUT2D eigenvalue weighted by molar-refractivity contribution is 0.383. The van der Waals surface area contributed by atoms with Crippen molar-refractivity contribution in [2.24, 2.45) is 0 Å². The first-order valence-electron chi connectivity index (χ1n) is 10.2. The first kappa shape index (κ1) is 21.5. The summed E-state index contributed by atoms with van der Waals surface area (Å²) in [5.41, 5.74) is 2.91. The number of benzene rings is 1. The maximum atomic E-state index is 13.2. The highest BCUT2D eigenvalue weighted by Crippen LogP contribution is 2.25. The molecule has 7 nitrogen and oxygen atoms in total. The van der Waals surface area contributed by atoms with E-state index in [2.05, 4.69) is 33.8 Å². The van der Waals surface area contributed by atoms with E-state index in [4.69, 9.17) is 0 Å². The lowest BCUT2D eigenvalue weighted by Gasteiger charge is -2.34. The van der Waals surface area contributed by atoms with Crippen LogP contribution in [0.5, 0.6) is 0 Å². The highest BCUT2D eigenvalue weighted by atomic mass is 32.2. The third-order valence-electron chi connectivity index (χ3n) is 5.70. The summed E-state index contributed by atoms with van der Waals surface area (Å²) in [5.74, 6) is 1.66. The fraction of sp³-hybridized carbons (Fsp3) is 0.524. The van der Waals surface area contributed by atoms with Crippen LogP contribution in [0, 0.1) is 20.8 Å². The molecule has 0 amide bonds. The van der Waals surface area contributed by atoms with E-state index in [0.717, 1.165) is 41.4 Å². The first-order chi connectivity index (χ1) is 13.8. The third kappa shape index (κ3) is 4.38. The molecule has 0 atom stereocenters. The minimum Gasteiger partial charge on any atom is -0.356 e. The third-order valence-corrected chi connectivity index (χ3v) is 7.74. The molecule has 158 valence electrons. The van der Waals surface area contributed by atoms with E-state index in [1.165, 1.54) is 0 Å². The number of sulfonamides is 1. The second kappa shape index (κ2) is 8.67. The maximum absolute atomic E-state index is 13.2. The quantitative estimate of drug-likeness (QED) is 0.720. The Hall–Kier alpha value is -2.19. The van der Waals surface area contributed by atoms with Gasteiger partial charge in [0.05, 0.1) is 4.90 Å². The number of hydrogen-bond donors (Lipinski definition) is 0. The standard InChI is InChI=1S/C21H31N5O2S/c1-6-24(7-2)20-8-9-21(23-22-20)25-10-12-26(13-11-25)29(27,28)19-15-17(4)16(3)14-18(19)5/h8-9,14-15H,6-7,10-13H2,1-5H3. The number of nitrogens with zero attached hydrogens (tertiary/aromatic N) is 5. The summed E-state index contributed by atoms with van der Waals surface area (Å²) in [6.45, 7) is 13.9. The Morgan fingerprint density at radius 2 is 1.52 bits per heavy atom. The summed E-state index contributed by atoms with van der Waals surface area (Å²) in [6.07, 6.45) is 0. The monoisotopic (exact) mass is 417 g/mol. The van der Waals surface area contributed by atoms with Crippen molar-refractivity contribution in [1.82, 2.24) is 14.5 Å². The molecule has 0 unspecified atom stereocenters. The normalized spacial score (nSPS) is 15.6. The summed E-state index contributed by atoms with van der Waals surface area (Å²) in [5, 5.41) is 8.71. The van der Waals surface area contributed by atoms with Crippen molar-refractivity contribution in [3.8, 4) is 0 Å². The molecule has 1 aromatic heterocycles. The van der Waals surface area contributed by atoms with Crippen molar-refractivity contribution in [2.45, 2.75) is 39.5 Å². The molecule has 1 aromatic carbocycles. The first-order valence-corrected chi connectivity index (χ1v) is 11.6. The summed E-state index contributed by atoms with van der Waals surface area (Å²) >= 11 is 0. The van der Waals surface area contributed by atoms with E-state index in [9.17, 15) is 8.42 Å². The van der Waals surface area contributed by atoms with Crippen LogP contribution in [-0.2, 0) is 10.0 Å². The average Bonchev–Trinajstić information content (AvgIpc) is 2.72. The van der Waals surface area contributed by atoms with E-state index >= 15 is 0 Å². The van der Waals surface area contributed by atoms with Crippen molar-refractivity contribution < 1.29 is 8.42 Å². The van der Waals surface area contributed by atoms with E-state index in [1.54, 1.807) is 10.4 Å². The second-order valence-corrected chi connectivity index (χ2v) is 9.42. The molecule has 1 saturated heterocycles. The molecule has 0 radical (unpaired) electrons. The van der Waals surface area contributed by atoms with E-state index in [0.29, 0.717) is 31.1 Å². The Labute approximate surface area is 174 Å². The SMILES string of the molecule is CCN(CC)c1ccc(N2CCN(S(=O)(=O)c3cc(C)c(C)cc3C)CC2)nn1. The lowest BCUT2D eigenvalue weighted by Crippen LogP contribution is -2.49. The fourth-order valence-electron chi connectivity index (χ4n) is 3.71. The van der Waals surface area contributed by atoms with Crippen LogP contribution >= 0.6 is 0 Å². The smallest absolute Gasteiger partial charge is 0.243 e. The molecule has 2 heterocycles. The molecule has 1 fully saturated rings. The summed E-state index contributed by atoms with van der Waals surface area (Å²) in [7, 11) is -3.50. The number of aromatic nitrogens is 2. The zero-order valence-corrected chi connectivity index (χ0v) is 18.8. The van der Waals surface area contributed by atoms with Crippen LogP contribution in [0.25, 0.3) is 0 Å². The van der Waals surface area contributed by atoms with Gasteiger partial charge in [-0.05, 0) is 69.5 Å². The molecule has 0 N–H and O–H groups in total. The minimum atomic E-state index is -3.50. The van der Waals surface area contributed by atoms with Gasteiger partial charge in [0.25, 0.3) is 0 Å². The van der Waals surface area contributed by atoms with E-state index < -0.39 is 10.0 Å². The zero-order chi connectivity index (χ0) is 21.2. The topological polar surface area (TPSA) is 69.6 Å². The van der Waals surface area contributed by atoms with Crippen LogP contribution in [0.2, 0.25) is 0 Å². The highest BCUT2D eigenvalue weighted by Gasteiger charge is 2.30. The molecule has 1 aliphatic heterocycles. The van der Waals surface area contributed by atoms with Gasteiger partial charge in [-0.3, -0.25) is 0 Å². The summed E-state index contributed by atoms with van der Waals surface area (Å²) in [6, 6.07) is 7.70. The Morgan fingerprint density at radius 1 is 0.897 bits per heavy atom. The number of hydrogen-bond acceptors (Lipinski definition) is 6. The highest BCUT2D eigenvalue weighted by molar-refractivity contribution is 7.89.